The van der Waals surface area contributed by atoms with Crippen LogP contribution in [0.2, 0.25) is 0 Å². The predicted octanol–water partition coefficient (Wildman–Crippen LogP) is 2.60. The van der Waals surface area contributed by atoms with E-state index in [4.69, 9.17) is 4.42 Å². The number of hydrogen-bond donors (Lipinski definition) is 2. The lowest BCUT2D eigenvalue weighted by molar-refractivity contribution is -0.114. The summed E-state index contributed by atoms with van der Waals surface area (Å²) in [4.78, 5) is 25.4. The summed E-state index contributed by atoms with van der Waals surface area (Å²) in [6, 6.07) is 14.5. The number of carbonyl (C=O) groups excluding carboxylic acids is 2. The third-order valence-electron chi connectivity index (χ3n) is 4.59. The number of halogens is 1. The molecule has 0 saturated carbocycles. The molecule has 1 aromatic heterocycles. The van der Waals surface area contributed by atoms with Gasteiger partial charge in [0.1, 0.15) is 18.1 Å². The smallest absolute Gasteiger partial charge is 0.304 e. The van der Waals surface area contributed by atoms with Gasteiger partial charge in [-0.25, -0.2) is 8.70 Å². The maximum absolute atomic E-state index is 13.3. The molecule has 0 radical (unpaired) electrons. The molecule has 0 unspecified atom stereocenters. The molecule has 2 aromatic carbocycles. The molecule has 0 aliphatic carbocycles. The molecule has 0 fully saturated rings. The fourth-order valence-corrected chi connectivity index (χ4v) is 3.96. The highest BCUT2D eigenvalue weighted by molar-refractivity contribution is 7.90. The van der Waals surface area contributed by atoms with E-state index in [-0.39, 0.29) is 23.5 Å². The molecule has 0 spiro atoms. The molecule has 11 heteroatoms. The zero-order valence-electron chi connectivity index (χ0n) is 18.0. The van der Waals surface area contributed by atoms with Gasteiger partial charge in [-0.1, -0.05) is 12.1 Å². The van der Waals surface area contributed by atoms with E-state index < -0.39 is 34.4 Å². The fraction of sp³-hybridized carbons (Fsp3) is 0.182. The van der Waals surface area contributed by atoms with E-state index in [1.807, 2.05) is 0 Å². The second-order valence-electron chi connectivity index (χ2n) is 7.13. The Bertz CT molecular complexity index is 1210. The van der Waals surface area contributed by atoms with Crippen molar-refractivity contribution in [3.05, 3.63) is 84.1 Å². The molecule has 0 aliphatic heterocycles. The molecule has 0 aliphatic rings. The number of para-hydroxylation sites is 1. The summed E-state index contributed by atoms with van der Waals surface area (Å²) >= 11 is 0. The van der Waals surface area contributed by atoms with Gasteiger partial charge in [0, 0.05) is 14.1 Å². The van der Waals surface area contributed by atoms with Gasteiger partial charge in [-0.05, 0) is 48.5 Å². The number of benzene rings is 2. The first-order chi connectivity index (χ1) is 15.7. The number of nitrogens with one attached hydrogen (secondary N) is 2. The van der Waals surface area contributed by atoms with Crippen molar-refractivity contribution in [3.63, 3.8) is 0 Å². The minimum atomic E-state index is -4.06. The maximum atomic E-state index is 13.3. The molecular weight excluding hydrogens is 451 g/mol. The molecule has 9 nitrogen and oxygen atoms in total. The summed E-state index contributed by atoms with van der Waals surface area (Å²) in [7, 11) is -1.42. The van der Waals surface area contributed by atoms with Crippen molar-refractivity contribution in [1.29, 1.82) is 0 Å². The first-order valence-corrected chi connectivity index (χ1v) is 11.2. The summed E-state index contributed by atoms with van der Waals surface area (Å²) in [6.07, 6.45) is 1.49. The van der Waals surface area contributed by atoms with E-state index in [1.54, 1.807) is 24.3 Å². The first kappa shape index (κ1) is 24.0. The SMILES string of the molecule is CN(C)S(=O)(=O)N(CC(=O)Nc1ccccc1C(=O)NCc1ccco1)c1ccc(F)cc1. The number of furan rings is 1. The minimum absolute atomic E-state index is 0.115. The van der Waals surface area contributed by atoms with Gasteiger partial charge in [0.15, 0.2) is 0 Å². The normalized spacial score (nSPS) is 11.3. The van der Waals surface area contributed by atoms with Crippen molar-refractivity contribution in [3.8, 4) is 0 Å². The molecule has 33 heavy (non-hydrogen) atoms. The zero-order chi connectivity index (χ0) is 24.0. The van der Waals surface area contributed by atoms with Crippen LogP contribution in [0.1, 0.15) is 16.1 Å². The van der Waals surface area contributed by atoms with Crippen LogP contribution in [-0.4, -0.2) is 45.2 Å². The van der Waals surface area contributed by atoms with Crippen LogP contribution in [0.15, 0.2) is 71.3 Å². The second-order valence-corrected chi connectivity index (χ2v) is 9.20. The summed E-state index contributed by atoms with van der Waals surface area (Å²) in [6.45, 7) is -0.429. The third kappa shape index (κ3) is 5.96. The van der Waals surface area contributed by atoms with E-state index in [9.17, 15) is 22.4 Å². The molecule has 2 N–H and O–H groups in total. The predicted molar refractivity (Wildman–Crippen MR) is 121 cm³/mol. The van der Waals surface area contributed by atoms with E-state index in [0.717, 1.165) is 20.7 Å². The Hall–Kier alpha value is -3.70. The van der Waals surface area contributed by atoms with Gasteiger partial charge in [-0.3, -0.25) is 9.59 Å². The monoisotopic (exact) mass is 474 g/mol. The summed E-state index contributed by atoms with van der Waals surface area (Å²) < 4.78 is 45.9. The van der Waals surface area contributed by atoms with Crippen LogP contribution in [0.4, 0.5) is 15.8 Å². The quantitative estimate of drug-likeness (QED) is 0.495. The zero-order valence-corrected chi connectivity index (χ0v) is 18.8. The van der Waals surface area contributed by atoms with Gasteiger partial charge < -0.3 is 15.1 Å². The third-order valence-corrected chi connectivity index (χ3v) is 6.41. The highest BCUT2D eigenvalue weighted by atomic mass is 32.2. The number of anilines is 2. The van der Waals surface area contributed by atoms with Gasteiger partial charge in [0.05, 0.1) is 29.7 Å². The van der Waals surface area contributed by atoms with Crippen LogP contribution >= 0.6 is 0 Å². The van der Waals surface area contributed by atoms with Crippen LogP contribution in [0.3, 0.4) is 0 Å². The van der Waals surface area contributed by atoms with E-state index >= 15 is 0 Å². The highest BCUT2D eigenvalue weighted by Crippen LogP contribution is 2.21. The second kappa shape index (κ2) is 10.3. The van der Waals surface area contributed by atoms with Crippen molar-refractivity contribution >= 4 is 33.4 Å². The highest BCUT2D eigenvalue weighted by Gasteiger charge is 2.27. The molecular formula is C22H23FN4O5S. The van der Waals surface area contributed by atoms with Crippen molar-refractivity contribution < 1.29 is 26.8 Å². The average molecular weight is 475 g/mol. The van der Waals surface area contributed by atoms with Crippen molar-refractivity contribution in [2.75, 3.05) is 30.3 Å². The molecule has 3 rings (SSSR count). The number of hydrogen-bond acceptors (Lipinski definition) is 5. The molecule has 2 amide bonds. The fourth-order valence-electron chi connectivity index (χ4n) is 2.90. The first-order valence-electron chi connectivity index (χ1n) is 9.83. The molecule has 0 saturated heterocycles. The van der Waals surface area contributed by atoms with Crippen molar-refractivity contribution in [1.82, 2.24) is 9.62 Å². The molecule has 0 bridgehead atoms. The van der Waals surface area contributed by atoms with Gasteiger partial charge in [0.2, 0.25) is 5.91 Å². The largest absolute Gasteiger partial charge is 0.467 e. The van der Waals surface area contributed by atoms with Crippen molar-refractivity contribution in [2.45, 2.75) is 6.54 Å². The Kier molecular flexibility index (Phi) is 7.46. The van der Waals surface area contributed by atoms with Gasteiger partial charge in [-0.15, -0.1) is 0 Å². The Morgan fingerprint density at radius 1 is 1.00 bits per heavy atom. The average Bonchev–Trinajstić information content (AvgIpc) is 3.30. The van der Waals surface area contributed by atoms with Crippen LogP contribution < -0.4 is 14.9 Å². The van der Waals surface area contributed by atoms with Crippen LogP contribution in [-0.2, 0) is 21.5 Å². The van der Waals surface area contributed by atoms with Gasteiger partial charge in [0.25, 0.3) is 5.91 Å². The standard InChI is InChI=1S/C22H23FN4O5S/c1-26(2)33(30,31)27(17-11-9-16(23)10-12-17)15-21(28)25-20-8-4-3-7-19(20)22(29)24-14-18-6-5-13-32-18/h3-13H,14-15H2,1-2H3,(H,24,29)(H,25,28). The summed E-state index contributed by atoms with van der Waals surface area (Å²) in [5.74, 6) is -1.11. The summed E-state index contributed by atoms with van der Waals surface area (Å²) in [5.41, 5.74) is 0.520. The van der Waals surface area contributed by atoms with Crippen molar-refractivity contribution in [2.24, 2.45) is 0 Å². The van der Waals surface area contributed by atoms with E-state index in [0.29, 0.717) is 5.76 Å². The molecule has 0 atom stereocenters. The maximum Gasteiger partial charge on any atom is 0.304 e. The Morgan fingerprint density at radius 3 is 2.33 bits per heavy atom. The van der Waals surface area contributed by atoms with Crippen LogP contribution in [0.5, 0.6) is 0 Å². The Morgan fingerprint density at radius 2 is 1.70 bits per heavy atom. The number of amides is 2. The van der Waals surface area contributed by atoms with Crippen LogP contribution in [0.25, 0.3) is 0 Å². The Balaban J connectivity index is 1.78. The number of carbonyl (C=O) groups is 2. The molecule has 1 heterocycles. The lowest BCUT2D eigenvalue weighted by Crippen LogP contribution is -2.44. The Labute approximate surface area is 191 Å². The number of nitrogens with zero attached hydrogens (tertiary/aromatic N) is 2. The van der Waals surface area contributed by atoms with Gasteiger partial charge >= 0.3 is 10.2 Å². The lowest BCUT2D eigenvalue weighted by atomic mass is 10.1. The topological polar surface area (TPSA) is 112 Å². The lowest BCUT2D eigenvalue weighted by Gasteiger charge is -2.27. The van der Waals surface area contributed by atoms with Crippen LogP contribution in [0, 0.1) is 5.82 Å². The number of rotatable bonds is 9. The van der Waals surface area contributed by atoms with Gasteiger partial charge in [-0.2, -0.15) is 12.7 Å². The molecule has 174 valence electrons. The van der Waals surface area contributed by atoms with E-state index in [2.05, 4.69) is 10.6 Å². The van der Waals surface area contributed by atoms with E-state index in [1.165, 1.54) is 44.6 Å². The molecule has 3 aromatic rings. The minimum Gasteiger partial charge on any atom is -0.467 e. The summed E-state index contributed by atoms with van der Waals surface area (Å²) in [5, 5.41) is 5.28.